The zero-order chi connectivity index (χ0) is 25.2. The lowest BCUT2D eigenvalue weighted by molar-refractivity contribution is -0.122. The van der Waals surface area contributed by atoms with Gasteiger partial charge in [-0.25, -0.2) is 9.69 Å². The Morgan fingerprint density at radius 3 is 2.36 bits per heavy atom. The molecular formula is C30H24N2O4. The predicted molar refractivity (Wildman–Crippen MR) is 140 cm³/mol. The minimum atomic E-state index is -0.771. The summed E-state index contributed by atoms with van der Waals surface area (Å²) in [6, 6.07) is 25.7. The van der Waals surface area contributed by atoms with Crippen LogP contribution in [-0.4, -0.2) is 17.8 Å². The third-order valence-electron chi connectivity index (χ3n) is 6.32. The van der Waals surface area contributed by atoms with Crippen LogP contribution < -0.4 is 15.0 Å². The van der Waals surface area contributed by atoms with Crippen molar-refractivity contribution < 1.29 is 19.1 Å². The van der Waals surface area contributed by atoms with Gasteiger partial charge in [0, 0.05) is 11.1 Å². The number of ether oxygens (including phenoxy) is 1. The molecule has 1 heterocycles. The summed E-state index contributed by atoms with van der Waals surface area (Å²) in [7, 11) is 0. The van der Waals surface area contributed by atoms with E-state index in [4.69, 9.17) is 4.74 Å². The first kappa shape index (κ1) is 23.1. The Labute approximate surface area is 208 Å². The molecule has 0 aliphatic carbocycles. The van der Waals surface area contributed by atoms with E-state index in [1.54, 1.807) is 43.3 Å². The van der Waals surface area contributed by atoms with Crippen molar-refractivity contribution in [2.75, 3.05) is 4.90 Å². The van der Waals surface area contributed by atoms with Crippen molar-refractivity contribution in [2.45, 2.75) is 20.5 Å². The first-order valence-corrected chi connectivity index (χ1v) is 11.6. The molecule has 0 unspecified atom stereocenters. The quantitative estimate of drug-likeness (QED) is 0.296. The third-order valence-corrected chi connectivity index (χ3v) is 6.32. The third kappa shape index (κ3) is 4.25. The molecule has 0 aromatic heterocycles. The summed E-state index contributed by atoms with van der Waals surface area (Å²) < 4.78 is 6.21. The van der Waals surface area contributed by atoms with Crippen molar-refractivity contribution in [1.82, 2.24) is 5.32 Å². The van der Waals surface area contributed by atoms with Crippen LogP contribution in [0, 0.1) is 13.8 Å². The summed E-state index contributed by atoms with van der Waals surface area (Å²) in [5.74, 6) is -0.899. The highest BCUT2D eigenvalue weighted by molar-refractivity contribution is 6.39. The fourth-order valence-corrected chi connectivity index (χ4v) is 4.36. The molecule has 5 rings (SSSR count). The highest BCUT2D eigenvalue weighted by Crippen LogP contribution is 2.29. The molecule has 1 saturated heterocycles. The van der Waals surface area contributed by atoms with Crippen molar-refractivity contribution >= 4 is 40.4 Å². The van der Waals surface area contributed by atoms with Gasteiger partial charge in [-0.15, -0.1) is 0 Å². The number of hydrogen-bond acceptors (Lipinski definition) is 4. The average molecular weight is 477 g/mol. The maximum Gasteiger partial charge on any atom is 0.335 e. The number of barbiturate groups is 1. The molecule has 36 heavy (non-hydrogen) atoms. The highest BCUT2D eigenvalue weighted by Gasteiger charge is 2.37. The number of rotatable bonds is 5. The summed E-state index contributed by atoms with van der Waals surface area (Å²) >= 11 is 0. The SMILES string of the molecule is Cc1ccccc1N1C(=O)NC(=O)/C(=C\c2ccccc2OCc2c(C)ccc3ccccc23)C1=O. The molecule has 4 amide bonds. The number of fused-ring (bicyclic) bond motifs is 1. The second-order valence-electron chi connectivity index (χ2n) is 8.65. The van der Waals surface area contributed by atoms with Crippen LogP contribution in [0.3, 0.4) is 0 Å². The monoisotopic (exact) mass is 476 g/mol. The molecule has 6 heteroatoms. The largest absolute Gasteiger partial charge is 0.488 e. The van der Waals surface area contributed by atoms with E-state index in [9.17, 15) is 14.4 Å². The number of aryl methyl sites for hydroxylation is 2. The van der Waals surface area contributed by atoms with Gasteiger partial charge in [0.05, 0.1) is 5.69 Å². The number of hydrogen-bond donors (Lipinski definition) is 1. The van der Waals surface area contributed by atoms with Crippen LogP contribution in [0.5, 0.6) is 5.75 Å². The summed E-state index contributed by atoms with van der Waals surface area (Å²) in [6.45, 7) is 4.16. The Hall–Kier alpha value is -4.71. The Morgan fingerprint density at radius 1 is 0.806 bits per heavy atom. The van der Waals surface area contributed by atoms with Crippen molar-refractivity contribution in [1.29, 1.82) is 0 Å². The maximum absolute atomic E-state index is 13.3. The number of carbonyl (C=O) groups excluding carboxylic acids is 3. The number of para-hydroxylation sites is 2. The number of amides is 4. The highest BCUT2D eigenvalue weighted by atomic mass is 16.5. The summed E-state index contributed by atoms with van der Waals surface area (Å²) in [4.78, 5) is 39.5. The van der Waals surface area contributed by atoms with Crippen molar-refractivity contribution in [3.63, 3.8) is 0 Å². The fraction of sp³-hybridized carbons (Fsp3) is 0.100. The Kier molecular flexibility index (Phi) is 6.09. The van der Waals surface area contributed by atoms with Gasteiger partial charge in [0.2, 0.25) is 0 Å². The van der Waals surface area contributed by atoms with Crippen LogP contribution in [0.15, 0.2) is 90.5 Å². The van der Waals surface area contributed by atoms with Crippen molar-refractivity contribution in [3.05, 3.63) is 113 Å². The first-order chi connectivity index (χ1) is 17.4. The number of anilines is 1. The van der Waals surface area contributed by atoms with Gasteiger partial charge in [0.25, 0.3) is 11.8 Å². The van der Waals surface area contributed by atoms with E-state index < -0.39 is 17.8 Å². The van der Waals surface area contributed by atoms with E-state index in [2.05, 4.69) is 29.6 Å². The molecule has 178 valence electrons. The van der Waals surface area contributed by atoms with E-state index in [0.717, 1.165) is 32.4 Å². The molecular weight excluding hydrogens is 452 g/mol. The molecule has 1 aliphatic rings. The number of imide groups is 2. The van der Waals surface area contributed by atoms with Gasteiger partial charge in [-0.1, -0.05) is 72.8 Å². The molecule has 1 aliphatic heterocycles. The predicted octanol–water partition coefficient (Wildman–Crippen LogP) is 5.70. The molecule has 0 radical (unpaired) electrons. The molecule has 4 aromatic rings. The van der Waals surface area contributed by atoms with Crippen LogP contribution in [-0.2, 0) is 16.2 Å². The van der Waals surface area contributed by atoms with Crippen LogP contribution in [0.4, 0.5) is 10.5 Å². The average Bonchev–Trinajstić information content (AvgIpc) is 2.87. The van der Waals surface area contributed by atoms with Gasteiger partial charge in [-0.3, -0.25) is 14.9 Å². The molecule has 6 nitrogen and oxygen atoms in total. The van der Waals surface area contributed by atoms with E-state index in [1.807, 2.05) is 31.2 Å². The fourth-order valence-electron chi connectivity index (χ4n) is 4.36. The normalized spacial score (nSPS) is 14.9. The molecule has 0 bridgehead atoms. The summed E-state index contributed by atoms with van der Waals surface area (Å²) in [5, 5.41) is 4.52. The Balaban J connectivity index is 1.48. The van der Waals surface area contributed by atoms with Crippen LogP contribution >= 0.6 is 0 Å². The number of nitrogens with zero attached hydrogens (tertiary/aromatic N) is 1. The molecule has 1 fully saturated rings. The second-order valence-corrected chi connectivity index (χ2v) is 8.65. The number of nitrogens with one attached hydrogen (secondary N) is 1. The van der Waals surface area contributed by atoms with Gasteiger partial charge >= 0.3 is 6.03 Å². The van der Waals surface area contributed by atoms with Crippen molar-refractivity contribution in [3.8, 4) is 5.75 Å². The second kappa shape index (κ2) is 9.50. The lowest BCUT2D eigenvalue weighted by Gasteiger charge is -2.27. The molecule has 4 aromatic carbocycles. The van der Waals surface area contributed by atoms with Crippen LogP contribution in [0.2, 0.25) is 0 Å². The number of urea groups is 1. The summed E-state index contributed by atoms with van der Waals surface area (Å²) in [5.41, 5.74) is 3.76. The van der Waals surface area contributed by atoms with Gasteiger partial charge in [0.15, 0.2) is 0 Å². The lowest BCUT2D eigenvalue weighted by Crippen LogP contribution is -2.54. The first-order valence-electron chi connectivity index (χ1n) is 11.6. The van der Waals surface area contributed by atoms with Gasteiger partial charge < -0.3 is 4.74 Å². The molecule has 0 spiro atoms. The van der Waals surface area contributed by atoms with Crippen molar-refractivity contribution in [2.24, 2.45) is 0 Å². The van der Waals surface area contributed by atoms with Gasteiger partial charge in [0.1, 0.15) is 17.9 Å². The maximum atomic E-state index is 13.3. The number of benzene rings is 4. The molecule has 0 atom stereocenters. The van der Waals surface area contributed by atoms with E-state index >= 15 is 0 Å². The van der Waals surface area contributed by atoms with E-state index in [1.165, 1.54) is 6.08 Å². The lowest BCUT2D eigenvalue weighted by atomic mass is 10.0. The zero-order valence-corrected chi connectivity index (χ0v) is 19.9. The molecule has 1 N–H and O–H groups in total. The minimum Gasteiger partial charge on any atom is -0.488 e. The standard InChI is InChI=1S/C30H24N2O4/c1-19-15-16-21-10-4-6-12-23(21)25(19)18-36-27-14-8-5-11-22(27)17-24-28(33)31-30(35)32(29(24)34)26-13-7-3-9-20(26)2/h3-17H,18H2,1-2H3,(H,31,33,35)/b24-17+. The minimum absolute atomic E-state index is 0.143. The van der Waals surface area contributed by atoms with E-state index in [-0.39, 0.29) is 5.57 Å². The summed E-state index contributed by atoms with van der Waals surface area (Å²) in [6.07, 6.45) is 1.47. The molecule has 0 saturated carbocycles. The van der Waals surface area contributed by atoms with Gasteiger partial charge in [-0.05, 0) is 54.0 Å². The Bertz CT molecular complexity index is 1550. The van der Waals surface area contributed by atoms with Gasteiger partial charge in [-0.2, -0.15) is 0 Å². The smallest absolute Gasteiger partial charge is 0.335 e. The van der Waals surface area contributed by atoms with Crippen LogP contribution in [0.1, 0.15) is 22.3 Å². The Morgan fingerprint density at radius 2 is 1.53 bits per heavy atom. The topological polar surface area (TPSA) is 75.7 Å². The van der Waals surface area contributed by atoms with E-state index in [0.29, 0.717) is 23.6 Å². The number of carbonyl (C=O) groups is 3. The zero-order valence-electron chi connectivity index (χ0n) is 19.9. The van der Waals surface area contributed by atoms with Crippen LogP contribution in [0.25, 0.3) is 16.8 Å².